The zero-order chi connectivity index (χ0) is 12.5. The molecule has 17 heavy (non-hydrogen) atoms. The van der Waals surface area contributed by atoms with Crippen LogP contribution in [0.4, 0.5) is 0 Å². The van der Waals surface area contributed by atoms with Gasteiger partial charge in [0.1, 0.15) is 5.75 Å². The Hall–Kier alpha value is -1.35. The van der Waals surface area contributed by atoms with Crippen molar-refractivity contribution in [3.05, 3.63) is 29.8 Å². The minimum Gasteiger partial charge on any atom is -0.494 e. The van der Waals surface area contributed by atoms with Crippen molar-refractivity contribution in [3.8, 4) is 5.75 Å². The molecule has 0 unspecified atom stereocenters. The van der Waals surface area contributed by atoms with Crippen molar-refractivity contribution in [1.29, 1.82) is 0 Å². The van der Waals surface area contributed by atoms with Crippen molar-refractivity contribution >= 4 is 5.78 Å². The van der Waals surface area contributed by atoms with Crippen LogP contribution in [0.5, 0.6) is 5.75 Å². The molecule has 0 atom stereocenters. The first-order valence-electron chi connectivity index (χ1n) is 6.08. The van der Waals surface area contributed by atoms with E-state index < -0.39 is 0 Å². The van der Waals surface area contributed by atoms with E-state index in [4.69, 9.17) is 9.84 Å². The molecular formula is C14H20O3. The lowest BCUT2D eigenvalue weighted by Gasteiger charge is -2.06. The van der Waals surface area contributed by atoms with Gasteiger partial charge >= 0.3 is 0 Å². The van der Waals surface area contributed by atoms with Gasteiger partial charge in [-0.15, -0.1) is 0 Å². The number of hydrogen-bond acceptors (Lipinski definition) is 3. The molecule has 0 aliphatic rings. The average Bonchev–Trinajstić information content (AvgIpc) is 2.34. The molecular weight excluding hydrogens is 216 g/mol. The summed E-state index contributed by atoms with van der Waals surface area (Å²) in [6, 6.07) is 7.25. The minimum atomic E-state index is 0.0541. The van der Waals surface area contributed by atoms with Crippen LogP contribution in [-0.2, 0) is 0 Å². The fourth-order valence-electron chi connectivity index (χ4n) is 1.56. The van der Waals surface area contributed by atoms with Crippen molar-refractivity contribution in [2.75, 3.05) is 13.2 Å². The highest BCUT2D eigenvalue weighted by atomic mass is 16.5. The van der Waals surface area contributed by atoms with E-state index in [2.05, 4.69) is 0 Å². The molecule has 0 amide bonds. The maximum absolute atomic E-state index is 11.2. The monoisotopic (exact) mass is 236 g/mol. The van der Waals surface area contributed by atoms with Gasteiger partial charge in [0.15, 0.2) is 5.78 Å². The van der Waals surface area contributed by atoms with E-state index in [1.807, 2.05) is 12.1 Å². The van der Waals surface area contributed by atoms with Gasteiger partial charge in [0.2, 0.25) is 0 Å². The van der Waals surface area contributed by atoms with E-state index in [1.54, 1.807) is 19.1 Å². The number of hydrogen-bond donors (Lipinski definition) is 1. The highest BCUT2D eigenvalue weighted by Gasteiger charge is 2.00. The number of rotatable bonds is 8. The van der Waals surface area contributed by atoms with Crippen LogP contribution in [0.25, 0.3) is 0 Å². The summed E-state index contributed by atoms with van der Waals surface area (Å²) >= 11 is 0. The number of unbranched alkanes of at least 4 members (excludes halogenated alkanes) is 3. The summed E-state index contributed by atoms with van der Waals surface area (Å²) < 4.78 is 5.56. The third kappa shape index (κ3) is 5.50. The van der Waals surface area contributed by atoms with Gasteiger partial charge in [0.05, 0.1) is 6.61 Å². The van der Waals surface area contributed by atoms with Gasteiger partial charge < -0.3 is 9.84 Å². The lowest BCUT2D eigenvalue weighted by molar-refractivity contribution is 0.101. The van der Waals surface area contributed by atoms with E-state index >= 15 is 0 Å². The Kier molecular flexibility index (Phi) is 6.33. The van der Waals surface area contributed by atoms with E-state index in [0.717, 1.165) is 31.4 Å². The smallest absolute Gasteiger partial charge is 0.159 e. The quantitative estimate of drug-likeness (QED) is 0.557. The van der Waals surface area contributed by atoms with Crippen LogP contribution in [0.15, 0.2) is 24.3 Å². The van der Waals surface area contributed by atoms with Gasteiger partial charge in [-0.1, -0.05) is 18.6 Å². The van der Waals surface area contributed by atoms with Crippen LogP contribution in [0.2, 0.25) is 0 Å². The van der Waals surface area contributed by atoms with Crippen LogP contribution in [0, 0.1) is 0 Å². The number of aliphatic hydroxyl groups excluding tert-OH is 1. The maximum atomic E-state index is 11.2. The summed E-state index contributed by atoms with van der Waals surface area (Å²) in [5, 5.41) is 8.62. The number of carbonyl (C=O) groups excluding carboxylic acids is 1. The number of Topliss-reactive ketones (excluding diaryl/α,β-unsaturated/α-hetero) is 1. The Bertz CT molecular complexity index is 347. The largest absolute Gasteiger partial charge is 0.494 e. The van der Waals surface area contributed by atoms with Crippen molar-refractivity contribution in [3.63, 3.8) is 0 Å². The predicted molar refractivity (Wildman–Crippen MR) is 67.5 cm³/mol. The minimum absolute atomic E-state index is 0.0541. The van der Waals surface area contributed by atoms with Crippen LogP contribution in [0.1, 0.15) is 43.0 Å². The lowest BCUT2D eigenvalue weighted by atomic mass is 10.1. The first-order chi connectivity index (χ1) is 8.24. The fraction of sp³-hybridized carbons (Fsp3) is 0.500. The Morgan fingerprint density at radius 3 is 2.71 bits per heavy atom. The van der Waals surface area contributed by atoms with Gasteiger partial charge in [0.25, 0.3) is 0 Å². The Balaban J connectivity index is 2.27. The van der Waals surface area contributed by atoms with Crippen molar-refractivity contribution in [2.24, 2.45) is 0 Å². The second-order valence-electron chi connectivity index (χ2n) is 4.07. The third-order valence-corrected chi connectivity index (χ3v) is 2.56. The zero-order valence-corrected chi connectivity index (χ0v) is 10.3. The van der Waals surface area contributed by atoms with Gasteiger partial charge in [-0.2, -0.15) is 0 Å². The Labute approximate surface area is 102 Å². The second-order valence-corrected chi connectivity index (χ2v) is 4.07. The topological polar surface area (TPSA) is 46.5 Å². The fourth-order valence-corrected chi connectivity index (χ4v) is 1.56. The van der Waals surface area contributed by atoms with Crippen LogP contribution in [0.3, 0.4) is 0 Å². The number of ether oxygens (including phenoxy) is 1. The molecule has 3 heteroatoms. The number of ketones is 1. The molecule has 0 saturated carbocycles. The van der Waals surface area contributed by atoms with Crippen LogP contribution >= 0.6 is 0 Å². The molecule has 3 nitrogen and oxygen atoms in total. The highest BCUT2D eigenvalue weighted by molar-refractivity contribution is 5.94. The molecule has 0 radical (unpaired) electrons. The van der Waals surface area contributed by atoms with E-state index in [1.165, 1.54) is 0 Å². The summed E-state index contributed by atoms with van der Waals surface area (Å²) in [5.74, 6) is 0.804. The molecule has 0 aromatic heterocycles. The molecule has 0 bridgehead atoms. The number of benzene rings is 1. The van der Waals surface area contributed by atoms with E-state index in [0.29, 0.717) is 12.2 Å². The van der Waals surface area contributed by atoms with E-state index in [-0.39, 0.29) is 12.4 Å². The molecule has 0 aliphatic heterocycles. The molecule has 0 fully saturated rings. The third-order valence-electron chi connectivity index (χ3n) is 2.56. The first kappa shape index (κ1) is 13.7. The molecule has 1 rings (SSSR count). The number of aliphatic hydroxyl groups is 1. The summed E-state index contributed by atoms with van der Waals surface area (Å²) in [7, 11) is 0. The standard InChI is InChI=1S/C14H20O3/c1-12(16)13-7-6-8-14(11-13)17-10-5-3-2-4-9-15/h6-8,11,15H,2-5,9-10H2,1H3. The summed E-state index contributed by atoms with van der Waals surface area (Å²) in [4.78, 5) is 11.2. The van der Waals surface area contributed by atoms with Crippen molar-refractivity contribution in [2.45, 2.75) is 32.6 Å². The summed E-state index contributed by atoms with van der Waals surface area (Å²) in [6.07, 6.45) is 3.93. The molecule has 1 aromatic rings. The van der Waals surface area contributed by atoms with Gasteiger partial charge in [0, 0.05) is 12.2 Å². The molecule has 0 saturated heterocycles. The molecule has 1 aromatic carbocycles. The normalized spacial score (nSPS) is 10.2. The number of carbonyl (C=O) groups is 1. The highest BCUT2D eigenvalue weighted by Crippen LogP contribution is 2.14. The zero-order valence-electron chi connectivity index (χ0n) is 10.3. The van der Waals surface area contributed by atoms with Gasteiger partial charge in [-0.05, 0) is 38.3 Å². The Morgan fingerprint density at radius 1 is 1.24 bits per heavy atom. The summed E-state index contributed by atoms with van der Waals surface area (Å²) in [5.41, 5.74) is 0.683. The van der Waals surface area contributed by atoms with Crippen molar-refractivity contribution in [1.82, 2.24) is 0 Å². The lowest BCUT2D eigenvalue weighted by Crippen LogP contribution is -1.99. The predicted octanol–water partition coefficient (Wildman–Crippen LogP) is 2.82. The van der Waals surface area contributed by atoms with Gasteiger partial charge in [-0.25, -0.2) is 0 Å². The SMILES string of the molecule is CC(=O)c1cccc(OCCCCCCO)c1. The van der Waals surface area contributed by atoms with Crippen LogP contribution < -0.4 is 4.74 Å². The molecule has 0 spiro atoms. The second kappa shape index (κ2) is 7.85. The summed E-state index contributed by atoms with van der Waals surface area (Å²) in [6.45, 7) is 2.47. The molecule has 0 heterocycles. The molecule has 94 valence electrons. The first-order valence-corrected chi connectivity index (χ1v) is 6.08. The van der Waals surface area contributed by atoms with Crippen LogP contribution in [-0.4, -0.2) is 24.1 Å². The van der Waals surface area contributed by atoms with Gasteiger partial charge in [-0.3, -0.25) is 4.79 Å². The Morgan fingerprint density at radius 2 is 2.00 bits per heavy atom. The van der Waals surface area contributed by atoms with Crippen molar-refractivity contribution < 1.29 is 14.6 Å². The maximum Gasteiger partial charge on any atom is 0.159 e. The molecule has 1 N–H and O–H groups in total. The average molecular weight is 236 g/mol. The molecule has 0 aliphatic carbocycles. The van der Waals surface area contributed by atoms with E-state index in [9.17, 15) is 4.79 Å².